The highest BCUT2D eigenvalue weighted by Gasteiger charge is 2.02. The average Bonchev–Trinajstić information content (AvgIpc) is 2.23. The Morgan fingerprint density at radius 1 is 1.50 bits per heavy atom. The van der Waals surface area contributed by atoms with Gasteiger partial charge in [0.25, 0.3) is 0 Å². The number of ether oxygens (including phenoxy) is 1. The highest BCUT2D eigenvalue weighted by Crippen LogP contribution is 2.26. The predicted molar refractivity (Wildman–Crippen MR) is 68.4 cm³/mol. The van der Waals surface area contributed by atoms with Crippen LogP contribution in [-0.2, 0) is 6.54 Å². The van der Waals surface area contributed by atoms with Crippen molar-refractivity contribution in [3.05, 3.63) is 36.4 Å². The van der Waals surface area contributed by atoms with E-state index >= 15 is 0 Å². The molecule has 0 fully saturated rings. The topological polar surface area (TPSA) is 41.5 Å². The summed E-state index contributed by atoms with van der Waals surface area (Å²) in [4.78, 5) is 0. The van der Waals surface area contributed by atoms with Crippen LogP contribution in [0.2, 0.25) is 0 Å². The second-order valence-electron chi connectivity index (χ2n) is 3.15. The van der Waals surface area contributed by atoms with E-state index in [1.54, 1.807) is 6.07 Å². The van der Waals surface area contributed by atoms with Crippen molar-refractivity contribution >= 4 is 12.4 Å². The molecule has 0 saturated carbocycles. The number of rotatable bonds is 6. The standard InChI is InChI=1S/C12H17NO2.ClH/c1-3-7-13-9-10-5-6-11(14)12(8-10)15-4-2;/h3,5-6,8,13-14H,1,4,7,9H2,2H3;1H. The number of aromatic hydroxyl groups is 1. The number of hydrogen-bond donors (Lipinski definition) is 2. The molecule has 4 heteroatoms. The molecular formula is C12H18ClNO2. The van der Waals surface area contributed by atoms with Gasteiger partial charge in [-0.2, -0.15) is 0 Å². The molecule has 0 radical (unpaired) electrons. The molecule has 1 aromatic rings. The van der Waals surface area contributed by atoms with Crippen molar-refractivity contribution in [2.45, 2.75) is 13.5 Å². The van der Waals surface area contributed by atoms with Gasteiger partial charge in [0.15, 0.2) is 11.5 Å². The zero-order chi connectivity index (χ0) is 11.1. The van der Waals surface area contributed by atoms with Crippen LogP contribution in [-0.4, -0.2) is 18.3 Å². The molecule has 0 bridgehead atoms. The van der Waals surface area contributed by atoms with Crippen molar-refractivity contribution in [1.82, 2.24) is 5.32 Å². The molecule has 2 N–H and O–H groups in total. The molecule has 0 atom stereocenters. The van der Waals surface area contributed by atoms with Crippen LogP contribution >= 0.6 is 12.4 Å². The van der Waals surface area contributed by atoms with Gasteiger partial charge < -0.3 is 15.2 Å². The Morgan fingerprint density at radius 2 is 2.25 bits per heavy atom. The number of halogens is 1. The third-order valence-electron chi connectivity index (χ3n) is 1.94. The van der Waals surface area contributed by atoms with Crippen molar-refractivity contribution in [2.75, 3.05) is 13.2 Å². The largest absolute Gasteiger partial charge is 0.504 e. The lowest BCUT2D eigenvalue weighted by molar-refractivity contribution is 0.317. The lowest BCUT2D eigenvalue weighted by atomic mass is 10.2. The van der Waals surface area contributed by atoms with Crippen LogP contribution in [0.25, 0.3) is 0 Å². The van der Waals surface area contributed by atoms with E-state index in [1.807, 2.05) is 25.1 Å². The summed E-state index contributed by atoms with van der Waals surface area (Å²) in [6.45, 7) is 7.58. The van der Waals surface area contributed by atoms with Gasteiger partial charge in [0.2, 0.25) is 0 Å². The van der Waals surface area contributed by atoms with Crippen molar-refractivity contribution < 1.29 is 9.84 Å². The van der Waals surface area contributed by atoms with E-state index in [4.69, 9.17) is 4.74 Å². The summed E-state index contributed by atoms with van der Waals surface area (Å²) in [7, 11) is 0. The predicted octanol–water partition coefficient (Wildman–Crippen LogP) is 2.49. The van der Waals surface area contributed by atoms with Crippen molar-refractivity contribution in [1.29, 1.82) is 0 Å². The Hall–Kier alpha value is -1.19. The van der Waals surface area contributed by atoms with E-state index < -0.39 is 0 Å². The molecular weight excluding hydrogens is 226 g/mol. The molecule has 0 amide bonds. The van der Waals surface area contributed by atoms with Gasteiger partial charge in [-0.15, -0.1) is 19.0 Å². The third kappa shape index (κ3) is 4.55. The average molecular weight is 244 g/mol. The van der Waals surface area contributed by atoms with E-state index in [9.17, 15) is 5.11 Å². The number of phenolic OH excluding ortho intramolecular Hbond substituents is 1. The Bertz CT molecular complexity index is 329. The minimum Gasteiger partial charge on any atom is -0.504 e. The second kappa shape index (κ2) is 8.02. The van der Waals surface area contributed by atoms with Crippen LogP contribution in [0.5, 0.6) is 11.5 Å². The van der Waals surface area contributed by atoms with Gasteiger partial charge >= 0.3 is 0 Å². The van der Waals surface area contributed by atoms with Gasteiger partial charge in [-0.25, -0.2) is 0 Å². The van der Waals surface area contributed by atoms with E-state index in [-0.39, 0.29) is 18.2 Å². The molecule has 0 aliphatic rings. The van der Waals surface area contributed by atoms with Gasteiger partial charge in [-0.3, -0.25) is 0 Å². The van der Waals surface area contributed by atoms with Crippen molar-refractivity contribution in [2.24, 2.45) is 0 Å². The molecule has 1 aromatic carbocycles. The molecule has 0 aromatic heterocycles. The Kier molecular flexibility index (Phi) is 7.42. The van der Waals surface area contributed by atoms with Crippen LogP contribution < -0.4 is 10.1 Å². The monoisotopic (exact) mass is 243 g/mol. The quantitative estimate of drug-likeness (QED) is 0.596. The van der Waals surface area contributed by atoms with Crippen LogP contribution in [0.15, 0.2) is 30.9 Å². The van der Waals surface area contributed by atoms with Gasteiger partial charge in [0.05, 0.1) is 6.61 Å². The van der Waals surface area contributed by atoms with Gasteiger partial charge in [0.1, 0.15) is 0 Å². The zero-order valence-corrected chi connectivity index (χ0v) is 10.2. The summed E-state index contributed by atoms with van der Waals surface area (Å²) in [5.41, 5.74) is 1.08. The van der Waals surface area contributed by atoms with Crippen LogP contribution in [0.1, 0.15) is 12.5 Å². The van der Waals surface area contributed by atoms with Crippen LogP contribution in [0.4, 0.5) is 0 Å². The summed E-state index contributed by atoms with van der Waals surface area (Å²) < 4.78 is 5.29. The maximum Gasteiger partial charge on any atom is 0.161 e. The maximum absolute atomic E-state index is 9.48. The van der Waals surface area contributed by atoms with Gasteiger partial charge in [-0.05, 0) is 24.6 Å². The molecule has 0 aliphatic carbocycles. The first kappa shape index (κ1) is 14.8. The summed E-state index contributed by atoms with van der Waals surface area (Å²) in [6, 6.07) is 5.36. The molecule has 0 aliphatic heterocycles. The van der Waals surface area contributed by atoms with Gasteiger partial charge in [-0.1, -0.05) is 12.1 Å². The molecule has 0 heterocycles. The molecule has 1 rings (SSSR count). The van der Waals surface area contributed by atoms with Crippen molar-refractivity contribution in [3.63, 3.8) is 0 Å². The fraction of sp³-hybridized carbons (Fsp3) is 0.333. The third-order valence-corrected chi connectivity index (χ3v) is 1.94. The molecule has 0 saturated heterocycles. The molecule has 90 valence electrons. The highest BCUT2D eigenvalue weighted by molar-refractivity contribution is 5.85. The SMILES string of the molecule is C=CCNCc1ccc(O)c(OCC)c1.Cl. The summed E-state index contributed by atoms with van der Waals surface area (Å²) in [5.74, 6) is 0.722. The first-order valence-corrected chi connectivity index (χ1v) is 5.04. The minimum atomic E-state index is 0. The smallest absolute Gasteiger partial charge is 0.161 e. The molecule has 0 unspecified atom stereocenters. The summed E-state index contributed by atoms with van der Waals surface area (Å²) in [5, 5.41) is 12.7. The first-order chi connectivity index (χ1) is 7.27. The van der Waals surface area contributed by atoms with Gasteiger partial charge in [0, 0.05) is 13.1 Å². The number of phenols is 1. The number of nitrogens with one attached hydrogen (secondary N) is 1. The van der Waals surface area contributed by atoms with E-state index in [0.29, 0.717) is 12.4 Å². The van der Waals surface area contributed by atoms with Crippen molar-refractivity contribution in [3.8, 4) is 11.5 Å². The minimum absolute atomic E-state index is 0. The molecule has 3 nitrogen and oxygen atoms in total. The Morgan fingerprint density at radius 3 is 2.88 bits per heavy atom. The number of benzene rings is 1. The number of hydrogen-bond acceptors (Lipinski definition) is 3. The van der Waals surface area contributed by atoms with E-state index in [0.717, 1.165) is 18.7 Å². The highest BCUT2D eigenvalue weighted by atomic mass is 35.5. The Balaban J connectivity index is 0.00000225. The van der Waals surface area contributed by atoms with Crippen LogP contribution in [0.3, 0.4) is 0 Å². The molecule has 16 heavy (non-hydrogen) atoms. The lowest BCUT2D eigenvalue weighted by Crippen LogP contribution is -2.12. The Labute approximate surface area is 103 Å². The first-order valence-electron chi connectivity index (χ1n) is 5.04. The van der Waals surface area contributed by atoms with Crippen LogP contribution in [0, 0.1) is 0 Å². The van der Waals surface area contributed by atoms with E-state index in [2.05, 4.69) is 11.9 Å². The molecule has 0 spiro atoms. The zero-order valence-electron chi connectivity index (χ0n) is 9.40. The van der Waals surface area contributed by atoms with E-state index in [1.165, 1.54) is 0 Å². The second-order valence-corrected chi connectivity index (χ2v) is 3.15. The fourth-order valence-corrected chi connectivity index (χ4v) is 1.26. The lowest BCUT2D eigenvalue weighted by Gasteiger charge is -2.08. The fourth-order valence-electron chi connectivity index (χ4n) is 1.26. The normalized spacial score (nSPS) is 9.31. The summed E-state index contributed by atoms with van der Waals surface area (Å²) in [6.07, 6.45) is 1.81. The maximum atomic E-state index is 9.48. The summed E-state index contributed by atoms with van der Waals surface area (Å²) >= 11 is 0.